The van der Waals surface area contributed by atoms with Crippen molar-refractivity contribution < 1.29 is 13.2 Å². The molecule has 0 saturated carbocycles. The SMILES string of the molecule is CC.Cc1ccc2n[nH]c(C(F)(F)F)c2c1. The number of nitrogens with one attached hydrogen (secondary N) is 1. The van der Waals surface area contributed by atoms with Crippen LogP contribution in [0.5, 0.6) is 0 Å². The van der Waals surface area contributed by atoms with E-state index in [1.165, 1.54) is 6.07 Å². The largest absolute Gasteiger partial charge is 0.433 e. The number of alkyl halides is 3. The molecule has 0 spiro atoms. The number of aromatic nitrogens is 2. The van der Waals surface area contributed by atoms with E-state index < -0.39 is 11.9 Å². The highest BCUT2D eigenvalue weighted by Gasteiger charge is 2.34. The van der Waals surface area contributed by atoms with Gasteiger partial charge in [-0.25, -0.2) is 0 Å². The summed E-state index contributed by atoms with van der Waals surface area (Å²) in [5.74, 6) is 0. The Hall–Kier alpha value is -1.52. The first-order valence-corrected chi connectivity index (χ1v) is 5.00. The Morgan fingerprint density at radius 1 is 1.19 bits per heavy atom. The second-order valence-corrected chi connectivity index (χ2v) is 3.12. The normalized spacial score (nSPS) is 11.1. The molecule has 0 aliphatic heterocycles. The van der Waals surface area contributed by atoms with Gasteiger partial charge in [0.2, 0.25) is 0 Å². The van der Waals surface area contributed by atoms with E-state index in [0.29, 0.717) is 5.52 Å². The summed E-state index contributed by atoms with van der Waals surface area (Å²) >= 11 is 0. The molecule has 0 fully saturated rings. The Kier molecular flexibility index (Phi) is 3.57. The Morgan fingerprint density at radius 2 is 1.81 bits per heavy atom. The summed E-state index contributed by atoms with van der Waals surface area (Å²) in [7, 11) is 0. The molecule has 88 valence electrons. The number of fused-ring (bicyclic) bond motifs is 1. The molecule has 1 aromatic heterocycles. The zero-order chi connectivity index (χ0) is 12.3. The van der Waals surface area contributed by atoms with Crippen molar-refractivity contribution in [1.82, 2.24) is 10.2 Å². The first-order chi connectivity index (χ1) is 7.48. The van der Waals surface area contributed by atoms with Crippen molar-refractivity contribution in [2.75, 3.05) is 0 Å². The molecule has 5 heteroatoms. The van der Waals surface area contributed by atoms with Gasteiger partial charge in [-0.05, 0) is 19.1 Å². The maximum Gasteiger partial charge on any atom is 0.433 e. The molecule has 0 unspecified atom stereocenters. The second-order valence-electron chi connectivity index (χ2n) is 3.12. The number of rotatable bonds is 0. The van der Waals surface area contributed by atoms with Crippen LogP contribution < -0.4 is 0 Å². The molecule has 0 aliphatic rings. The first kappa shape index (κ1) is 12.5. The molecule has 0 atom stereocenters. The van der Waals surface area contributed by atoms with Crippen LogP contribution >= 0.6 is 0 Å². The Labute approximate surface area is 91.5 Å². The van der Waals surface area contributed by atoms with Crippen LogP contribution in [0.2, 0.25) is 0 Å². The van der Waals surface area contributed by atoms with E-state index in [0.717, 1.165) is 5.56 Å². The third kappa shape index (κ3) is 2.35. The maximum absolute atomic E-state index is 12.4. The second kappa shape index (κ2) is 4.55. The van der Waals surface area contributed by atoms with E-state index in [9.17, 15) is 13.2 Å². The molecule has 2 rings (SSSR count). The summed E-state index contributed by atoms with van der Waals surface area (Å²) in [5.41, 5.74) is 0.337. The summed E-state index contributed by atoms with van der Waals surface area (Å²) in [4.78, 5) is 0. The zero-order valence-electron chi connectivity index (χ0n) is 9.31. The van der Waals surface area contributed by atoms with Crippen LogP contribution in [-0.2, 0) is 6.18 Å². The van der Waals surface area contributed by atoms with Crippen molar-refractivity contribution in [3.8, 4) is 0 Å². The van der Waals surface area contributed by atoms with Crippen LogP contribution in [0.25, 0.3) is 10.9 Å². The van der Waals surface area contributed by atoms with Gasteiger partial charge in [-0.15, -0.1) is 0 Å². The van der Waals surface area contributed by atoms with Crippen molar-refractivity contribution in [3.63, 3.8) is 0 Å². The van der Waals surface area contributed by atoms with Gasteiger partial charge in [0.05, 0.1) is 5.52 Å². The molecule has 0 amide bonds. The van der Waals surface area contributed by atoms with Gasteiger partial charge >= 0.3 is 6.18 Å². The first-order valence-electron chi connectivity index (χ1n) is 5.00. The van der Waals surface area contributed by atoms with Gasteiger partial charge in [0, 0.05) is 5.39 Å². The number of aryl methyl sites for hydroxylation is 1. The molecule has 16 heavy (non-hydrogen) atoms. The van der Waals surface area contributed by atoms with Crippen molar-refractivity contribution >= 4 is 10.9 Å². The van der Waals surface area contributed by atoms with E-state index in [-0.39, 0.29) is 5.39 Å². The minimum atomic E-state index is -4.37. The Bertz CT molecular complexity index is 472. The van der Waals surface area contributed by atoms with Crippen molar-refractivity contribution in [2.45, 2.75) is 26.9 Å². The van der Waals surface area contributed by atoms with Crippen molar-refractivity contribution in [3.05, 3.63) is 29.5 Å². The van der Waals surface area contributed by atoms with Crippen LogP contribution in [0.1, 0.15) is 25.1 Å². The molecule has 1 heterocycles. The summed E-state index contributed by atoms with van der Waals surface area (Å²) < 4.78 is 37.2. The van der Waals surface area contributed by atoms with Gasteiger partial charge in [-0.3, -0.25) is 5.10 Å². The summed E-state index contributed by atoms with van der Waals surface area (Å²) in [6.07, 6.45) is -4.37. The highest BCUT2D eigenvalue weighted by molar-refractivity contribution is 5.82. The monoisotopic (exact) mass is 230 g/mol. The third-order valence-corrected chi connectivity index (χ3v) is 1.99. The molecular weight excluding hydrogens is 217 g/mol. The average Bonchev–Trinajstić information content (AvgIpc) is 2.63. The Balaban J connectivity index is 0.000000606. The van der Waals surface area contributed by atoms with Crippen LogP contribution in [0, 0.1) is 6.92 Å². The van der Waals surface area contributed by atoms with E-state index in [4.69, 9.17) is 0 Å². The molecule has 0 radical (unpaired) electrons. The molecule has 1 aromatic carbocycles. The highest BCUT2D eigenvalue weighted by Crippen LogP contribution is 2.33. The Morgan fingerprint density at radius 3 is 2.38 bits per heavy atom. The molecular formula is C11H13F3N2. The third-order valence-electron chi connectivity index (χ3n) is 1.99. The molecule has 2 aromatic rings. The van der Waals surface area contributed by atoms with Gasteiger partial charge < -0.3 is 0 Å². The summed E-state index contributed by atoms with van der Waals surface area (Å²) in [6, 6.07) is 4.77. The average molecular weight is 230 g/mol. The van der Waals surface area contributed by atoms with Gasteiger partial charge in [0.25, 0.3) is 0 Å². The lowest BCUT2D eigenvalue weighted by Gasteiger charge is -2.03. The minimum Gasteiger partial charge on any atom is -0.272 e. The molecule has 1 N–H and O–H groups in total. The van der Waals surface area contributed by atoms with E-state index in [1.54, 1.807) is 19.1 Å². The quantitative estimate of drug-likeness (QED) is 0.730. The lowest BCUT2D eigenvalue weighted by Crippen LogP contribution is -2.05. The molecule has 2 nitrogen and oxygen atoms in total. The predicted octanol–water partition coefficient (Wildman–Crippen LogP) is 3.92. The molecule has 0 bridgehead atoms. The van der Waals surface area contributed by atoms with Gasteiger partial charge in [0.1, 0.15) is 5.69 Å². The number of halogens is 3. The predicted molar refractivity (Wildman–Crippen MR) is 57.2 cm³/mol. The number of hydrogen-bond acceptors (Lipinski definition) is 1. The minimum absolute atomic E-state index is 0.123. The smallest absolute Gasteiger partial charge is 0.272 e. The lowest BCUT2D eigenvalue weighted by atomic mass is 10.1. The summed E-state index contributed by atoms with van der Waals surface area (Å²) in [5, 5.41) is 5.71. The van der Waals surface area contributed by atoms with Crippen LogP contribution in [0.3, 0.4) is 0 Å². The van der Waals surface area contributed by atoms with Crippen LogP contribution in [0.4, 0.5) is 13.2 Å². The van der Waals surface area contributed by atoms with Gasteiger partial charge in [0.15, 0.2) is 0 Å². The fourth-order valence-electron chi connectivity index (χ4n) is 1.34. The molecule has 0 saturated heterocycles. The number of hydrogen-bond donors (Lipinski definition) is 1. The number of H-pyrrole nitrogens is 1. The number of aromatic amines is 1. The molecule has 0 aliphatic carbocycles. The van der Waals surface area contributed by atoms with Crippen molar-refractivity contribution in [1.29, 1.82) is 0 Å². The highest BCUT2D eigenvalue weighted by atomic mass is 19.4. The van der Waals surface area contributed by atoms with Crippen LogP contribution in [-0.4, -0.2) is 10.2 Å². The van der Waals surface area contributed by atoms with Crippen LogP contribution in [0.15, 0.2) is 18.2 Å². The van der Waals surface area contributed by atoms with E-state index in [1.807, 2.05) is 18.9 Å². The standard InChI is InChI=1S/C9H7F3N2.C2H6/c1-5-2-3-7-6(4-5)8(14-13-7)9(10,11)12;1-2/h2-4H,1H3,(H,13,14);1-2H3. The maximum atomic E-state index is 12.4. The van der Waals surface area contributed by atoms with E-state index >= 15 is 0 Å². The number of benzene rings is 1. The van der Waals surface area contributed by atoms with Gasteiger partial charge in [-0.2, -0.15) is 18.3 Å². The fourth-order valence-corrected chi connectivity index (χ4v) is 1.34. The summed E-state index contributed by atoms with van der Waals surface area (Å²) in [6.45, 7) is 5.74. The van der Waals surface area contributed by atoms with Gasteiger partial charge in [-0.1, -0.05) is 25.5 Å². The fraction of sp³-hybridized carbons (Fsp3) is 0.364. The zero-order valence-corrected chi connectivity index (χ0v) is 9.31. The number of nitrogens with zero attached hydrogens (tertiary/aromatic N) is 1. The van der Waals surface area contributed by atoms with E-state index in [2.05, 4.69) is 5.10 Å². The topological polar surface area (TPSA) is 28.7 Å². The van der Waals surface area contributed by atoms with Crippen molar-refractivity contribution in [2.24, 2.45) is 0 Å². The lowest BCUT2D eigenvalue weighted by molar-refractivity contribution is -0.139.